The van der Waals surface area contributed by atoms with Crippen LogP contribution < -0.4 is 24.3 Å². The third kappa shape index (κ3) is 9.44. The van der Waals surface area contributed by atoms with E-state index in [1.165, 1.54) is 0 Å². The average Bonchev–Trinajstić information content (AvgIpc) is 3.76. The van der Waals surface area contributed by atoms with Crippen molar-refractivity contribution < 1.29 is 48.3 Å². The summed E-state index contributed by atoms with van der Waals surface area (Å²) in [4.78, 5) is 35.9. The number of allylic oxidation sites excluding steroid dienone is 1. The molecule has 7 rings (SSSR count). The van der Waals surface area contributed by atoms with Gasteiger partial charge in [-0.2, -0.15) is 0 Å². The largest absolute Gasteiger partial charge is 0.459 e. The van der Waals surface area contributed by atoms with Crippen molar-refractivity contribution in [3.8, 4) is 23.0 Å². The lowest BCUT2D eigenvalue weighted by atomic mass is 9.55. The molecule has 13 nitrogen and oxygen atoms in total. The molecule has 0 spiro atoms. The van der Waals surface area contributed by atoms with Crippen LogP contribution in [0, 0.1) is 17.8 Å². The number of oxime groups is 1. The van der Waals surface area contributed by atoms with Crippen LogP contribution in [0.1, 0.15) is 92.6 Å². The average molecular weight is 838 g/mol. The topological polar surface area (TPSA) is 158 Å². The Labute approximate surface area is 358 Å². The lowest BCUT2D eigenvalue weighted by Crippen LogP contribution is -2.70. The van der Waals surface area contributed by atoms with Gasteiger partial charge in [-0.3, -0.25) is 4.79 Å². The normalized spacial score (nSPS) is 23.8. The maximum atomic E-state index is 15.0. The maximum Gasteiger partial charge on any atom is 0.412 e. The first-order valence-electron chi connectivity index (χ1n) is 21.8. The van der Waals surface area contributed by atoms with Gasteiger partial charge in [-0.15, -0.1) is 6.58 Å². The minimum absolute atomic E-state index is 0.00628. The molecule has 13 heteroatoms. The van der Waals surface area contributed by atoms with Gasteiger partial charge in [-0.1, -0.05) is 67.4 Å². The van der Waals surface area contributed by atoms with Crippen LogP contribution in [0.15, 0.2) is 96.2 Å². The Morgan fingerprint density at radius 3 is 2.49 bits per heavy atom. The molecule has 1 fully saturated rings. The Kier molecular flexibility index (Phi) is 14.7. The highest BCUT2D eigenvalue weighted by Crippen LogP contribution is 2.62. The summed E-state index contributed by atoms with van der Waals surface area (Å²) < 4.78 is 31.6. The first-order chi connectivity index (χ1) is 29.8. The quantitative estimate of drug-likeness (QED) is 0.0581. The molecule has 1 saturated carbocycles. The fraction of sp³-hybridized carbons (Fsp3) is 0.479. The second-order valence-corrected chi connectivity index (χ2v) is 16.0. The number of nitrogens with one attached hydrogen (secondary N) is 1. The van der Waals surface area contributed by atoms with Gasteiger partial charge in [0.1, 0.15) is 24.1 Å². The van der Waals surface area contributed by atoms with Crippen molar-refractivity contribution in [1.29, 1.82) is 0 Å². The van der Waals surface area contributed by atoms with Gasteiger partial charge in [0.2, 0.25) is 12.6 Å². The second kappa shape index (κ2) is 20.5. The van der Waals surface area contributed by atoms with E-state index < -0.39 is 23.8 Å². The molecule has 2 amide bonds. The van der Waals surface area contributed by atoms with Crippen LogP contribution in [0.4, 0.5) is 4.79 Å². The predicted molar refractivity (Wildman–Crippen MR) is 230 cm³/mol. The molecule has 0 bridgehead atoms. The molecule has 3 aromatic carbocycles. The van der Waals surface area contributed by atoms with E-state index in [4.69, 9.17) is 33.7 Å². The summed E-state index contributed by atoms with van der Waals surface area (Å²) in [5.74, 6) is -0.361. The Balaban J connectivity index is 1.38. The molecule has 0 aromatic heterocycles. The zero-order valence-corrected chi connectivity index (χ0v) is 35.3. The van der Waals surface area contributed by atoms with Gasteiger partial charge >= 0.3 is 6.09 Å². The fourth-order valence-electron chi connectivity index (χ4n) is 9.60. The standard InChI is InChI=1S/C48H59N3O10/c1-4-22-51(46(54)34-18-20-41-42(27-34)57-31-56-41)43-29-39(50-59-6-3)37-26-33(16-10-12-23-52)36(17-11-13-24-53)44-38-28-35(60-47(55)49-30-32-14-8-7-9-15-32)19-21-40(38)61-48(43,45(37)44)58-25-5-2/h5,7-9,14-15,18-21,26-28,33,36,43-45,52-53H,2,4,6,10-13,16-17,22-25,29-31H2,1,3H3,(H,49,55). The number of amides is 2. The molecule has 6 unspecified atom stereocenters. The highest BCUT2D eigenvalue weighted by Gasteiger charge is 2.65. The molecule has 0 saturated heterocycles. The van der Waals surface area contributed by atoms with Crippen LogP contribution in [0.5, 0.6) is 23.0 Å². The molecule has 61 heavy (non-hydrogen) atoms. The van der Waals surface area contributed by atoms with E-state index in [0.29, 0.717) is 73.2 Å². The van der Waals surface area contributed by atoms with Crippen molar-refractivity contribution in [1.82, 2.24) is 10.2 Å². The molecule has 6 atom stereocenters. The second-order valence-electron chi connectivity index (χ2n) is 16.0. The number of benzene rings is 3. The van der Waals surface area contributed by atoms with E-state index in [1.54, 1.807) is 30.3 Å². The van der Waals surface area contributed by atoms with Gasteiger partial charge in [-0.05, 0) is 98.4 Å². The Morgan fingerprint density at radius 1 is 0.967 bits per heavy atom. The minimum atomic E-state index is -1.43. The first kappa shape index (κ1) is 43.7. The number of hydrogen-bond donors (Lipinski definition) is 3. The first-order valence-corrected chi connectivity index (χ1v) is 21.8. The number of hydrogen-bond acceptors (Lipinski definition) is 11. The third-order valence-electron chi connectivity index (χ3n) is 12.2. The Hall–Kier alpha value is -5.37. The molecule has 2 aliphatic heterocycles. The van der Waals surface area contributed by atoms with Crippen LogP contribution in [-0.2, 0) is 16.1 Å². The predicted octanol–water partition coefficient (Wildman–Crippen LogP) is 7.91. The molecule has 326 valence electrons. The number of aliphatic hydroxyl groups excluding tert-OH is 2. The molecule has 3 N–H and O–H groups in total. The van der Waals surface area contributed by atoms with E-state index in [9.17, 15) is 19.8 Å². The molecule has 2 heterocycles. The van der Waals surface area contributed by atoms with E-state index >= 15 is 0 Å². The number of fused-ring (bicyclic) bond motifs is 3. The van der Waals surface area contributed by atoms with Crippen molar-refractivity contribution in [2.75, 3.05) is 39.8 Å². The molecular formula is C48H59N3O10. The molecule has 4 aliphatic rings. The molecule has 3 aromatic rings. The van der Waals surface area contributed by atoms with Crippen LogP contribution in [0.3, 0.4) is 0 Å². The third-order valence-corrected chi connectivity index (χ3v) is 12.2. The van der Waals surface area contributed by atoms with E-state index in [1.807, 2.05) is 61.2 Å². The lowest BCUT2D eigenvalue weighted by molar-refractivity contribution is -0.254. The SMILES string of the molecule is C=CCOC12Oc3ccc(OC(=O)NCc4ccccc4)cc3C3C(CCCCO)C(CCCCO)C=C(C(=NOCC)CC1N(CCC)C(=O)c1ccc4c(c1)OCO4)C32. The van der Waals surface area contributed by atoms with Crippen LogP contribution in [-0.4, -0.2) is 84.4 Å². The smallest absolute Gasteiger partial charge is 0.412 e. The zero-order chi connectivity index (χ0) is 42.8. The summed E-state index contributed by atoms with van der Waals surface area (Å²) in [6.07, 6.45) is 8.79. The van der Waals surface area contributed by atoms with Gasteiger partial charge in [0.05, 0.1) is 18.2 Å². The lowest BCUT2D eigenvalue weighted by Gasteiger charge is -2.60. The summed E-state index contributed by atoms with van der Waals surface area (Å²) >= 11 is 0. The summed E-state index contributed by atoms with van der Waals surface area (Å²) in [6, 6.07) is 19.6. The van der Waals surface area contributed by atoms with Crippen LogP contribution in [0.2, 0.25) is 0 Å². The zero-order valence-electron chi connectivity index (χ0n) is 35.3. The number of carbonyl (C=O) groups excluding carboxylic acids is 2. The van der Waals surface area contributed by atoms with Crippen LogP contribution in [0.25, 0.3) is 0 Å². The fourth-order valence-corrected chi connectivity index (χ4v) is 9.60. The number of aliphatic hydroxyl groups is 2. The highest BCUT2D eigenvalue weighted by atomic mass is 16.7. The van der Waals surface area contributed by atoms with Gasteiger partial charge in [0.25, 0.3) is 5.91 Å². The van der Waals surface area contributed by atoms with Crippen LogP contribution >= 0.6 is 0 Å². The highest BCUT2D eigenvalue weighted by molar-refractivity contribution is 6.03. The molecule has 2 aliphatic carbocycles. The number of unbranched alkanes of at least 4 members (excludes halogenated alkanes) is 2. The number of nitrogens with zero attached hydrogens (tertiary/aromatic N) is 2. The van der Waals surface area contributed by atoms with Crippen molar-refractivity contribution in [2.24, 2.45) is 22.9 Å². The summed E-state index contributed by atoms with van der Waals surface area (Å²) in [5, 5.41) is 27.4. The Bertz CT molecular complexity index is 2060. The van der Waals surface area contributed by atoms with Gasteiger partial charge in [-0.25, -0.2) is 4.79 Å². The van der Waals surface area contributed by atoms with Gasteiger partial charge < -0.3 is 49.0 Å². The number of rotatable bonds is 20. The summed E-state index contributed by atoms with van der Waals surface area (Å²) in [6.45, 7) is 9.37. The monoisotopic (exact) mass is 837 g/mol. The summed E-state index contributed by atoms with van der Waals surface area (Å²) in [5.41, 5.74) is 3.87. The number of carbonyl (C=O) groups is 2. The minimum Gasteiger partial charge on any atom is -0.459 e. The van der Waals surface area contributed by atoms with Crippen molar-refractivity contribution in [3.05, 3.63) is 108 Å². The van der Waals surface area contributed by atoms with Crippen molar-refractivity contribution in [2.45, 2.75) is 89.5 Å². The molecule has 0 radical (unpaired) electrons. The van der Waals surface area contributed by atoms with E-state index in [-0.39, 0.29) is 56.7 Å². The Morgan fingerprint density at radius 2 is 1.74 bits per heavy atom. The maximum absolute atomic E-state index is 15.0. The molecular weight excluding hydrogens is 779 g/mol. The number of ether oxygens (including phenoxy) is 5. The van der Waals surface area contributed by atoms with Gasteiger partial charge in [0.15, 0.2) is 11.5 Å². The van der Waals surface area contributed by atoms with E-state index in [2.05, 4.69) is 18.0 Å². The van der Waals surface area contributed by atoms with Gasteiger partial charge in [0, 0.05) is 49.8 Å². The van der Waals surface area contributed by atoms with Crippen molar-refractivity contribution in [3.63, 3.8) is 0 Å². The van der Waals surface area contributed by atoms with Crippen molar-refractivity contribution >= 4 is 17.7 Å². The summed E-state index contributed by atoms with van der Waals surface area (Å²) in [7, 11) is 0. The van der Waals surface area contributed by atoms with E-state index in [0.717, 1.165) is 42.4 Å².